The molecule has 30 heavy (non-hydrogen) atoms. The average Bonchev–Trinajstić information content (AvgIpc) is 2.78. The molecule has 1 aromatic heterocycles. The second-order valence-corrected chi connectivity index (χ2v) is 7.21. The highest BCUT2D eigenvalue weighted by atomic mass is 19.1. The first-order valence-corrected chi connectivity index (χ1v) is 9.84. The lowest BCUT2D eigenvalue weighted by molar-refractivity contribution is 0.387. The molecule has 4 rings (SSSR count). The maximum Gasteiger partial charge on any atom is 0.167 e. The summed E-state index contributed by atoms with van der Waals surface area (Å²) in [5.74, 6) is 2.08. The first-order valence-electron chi connectivity index (χ1n) is 9.84. The van der Waals surface area contributed by atoms with Crippen molar-refractivity contribution < 1.29 is 18.6 Å². The number of ether oxygens (including phenoxy) is 3. The Hall–Kier alpha value is -3.29. The van der Waals surface area contributed by atoms with Crippen molar-refractivity contribution in [2.45, 2.75) is 18.9 Å². The highest BCUT2D eigenvalue weighted by Crippen LogP contribution is 2.32. The molecule has 158 valence electrons. The summed E-state index contributed by atoms with van der Waals surface area (Å²) in [7, 11) is 4.74. The second kappa shape index (κ2) is 8.61. The van der Waals surface area contributed by atoms with Gasteiger partial charge in [-0.25, -0.2) is 14.4 Å². The van der Waals surface area contributed by atoms with Gasteiger partial charge in [-0.1, -0.05) is 0 Å². The zero-order chi connectivity index (χ0) is 21.1. The molecule has 0 spiro atoms. The Bertz CT molecular complexity index is 1020. The van der Waals surface area contributed by atoms with Crippen LogP contribution in [0, 0.1) is 5.82 Å². The molecule has 0 bridgehead atoms. The number of hydrogen-bond donors (Lipinski definition) is 1. The fraction of sp³-hybridized carbons (Fsp3) is 0.364. The van der Waals surface area contributed by atoms with Crippen molar-refractivity contribution in [3.8, 4) is 17.2 Å². The number of aromatic nitrogens is 2. The van der Waals surface area contributed by atoms with Gasteiger partial charge in [0.1, 0.15) is 23.6 Å². The lowest BCUT2D eigenvalue weighted by Gasteiger charge is -2.34. The highest BCUT2D eigenvalue weighted by Gasteiger charge is 2.22. The lowest BCUT2D eigenvalue weighted by Crippen LogP contribution is -2.39. The molecule has 0 saturated carbocycles. The van der Waals surface area contributed by atoms with Crippen LogP contribution >= 0.6 is 0 Å². The van der Waals surface area contributed by atoms with Gasteiger partial charge < -0.3 is 24.4 Å². The van der Waals surface area contributed by atoms with Crippen molar-refractivity contribution in [3.63, 3.8) is 0 Å². The van der Waals surface area contributed by atoms with Gasteiger partial charge in [0, 0.05) is 54.5 Å². The molecule has 0 aliphatic carbocycles. The predicted molar refractivity (Wildman–Crippen MR) is 114 cm³/mol. The number of piperidine rings is 1. The number of halogens is 1. The molecule has 1 N–H and O–H groups in total. The van der Waals surface area contributed by atoms with Crippen LogP contribution in [0.5, 0.6) is 17.2 Å². The molecule has 0 radical (unpaired) electrons. The van der Waals surface area contributed by atoms with Gasteiger partial charge in [0.2, 0.25) is 0 Å². The monoisotopic (exact) mass is 412 g/mol. The molecule has 3 aromatic rings. The van der Waals surface area contributed by atoms with E-state index >= 15 is 0 Å². The molecule has 0 amide bonds. The Kier molecular flexibility index (Phi) is 5.74. The summed E-state index contributed by atoms with van der Waals surface area (Å²) in [5, 5.41) is 4.37. The smallest absolute Gasteiger partial charge is 0.167 e. The molecular weight excluding hydrogens is 387 g/mol. The largest absolute Gasteiger partial charge is 0.497 e. The van der Waals surface area contributed by atoms with E-state index in [-0.39, 0.29) is 5.75 Å². The minimum atomic E-state index is -0.425. The quantitative estimate of drug-likeness (QED) is 0.659. The summed E-state index contributed by atoms with van der Waals surface area (Å²) in [4.78, 5) is 10.9. The van der Waals surface area contributed by atoms with Crippen LogP contribution in [-0.2, 0) is 0 Å². The number of anilines is 2. The topological polar surface area (TPSA) is 68.7 Å². The van der Waals surface area contributed by atoms with Gasteiger partial charge in [0.05, 0.1) is 26.8 Å². The third kappa shape index (κ3) is 4.03. The molecule has 2 aromatic carbocycles. The normalized spacial score (nSPS) is 14.6. The van der Waals surface area contributed by atoms with Crippen LogP contribution in [0.1, 0.15) is 12.8 Å². The second-order valence-electron chi connectivity index (χ2n) is 7.21. The molecule has 1 fully saturated rings. The van der Waals surface area contributed by atoms with E-state index in [1.54, 1.807) is 20.3 Å². The molecule has 1 aliphatic rings. The molecule has 2 heterocycles. The summed E-state index contributed by atoms with van der Waals surface area (Å²) in [6.07, 6.45) is 3.35. The molecule has 1 aliphatic heterocycles. The van der Waals surface area contributed by atoms with E-state index in [1.165, 1.54) is 19.5 Å². The van der Waals surface area contributed by atoms with Gasteiger partial charge in [0.25, 0.3) is 0 Å². The number of nitrogens with one attached hydrogen (secondary N) is 1. The van der Waals surface area contributed by atoms with E-state index in [2.05, 4.69) is 20.2 Å². The minimum Gasteiger partial charge on any atom is -0.497 e. The standard InChI is InChI=1S/C22H25FN4O3/c1-28-16-8-15(9-17(10-16)29-2)26-14-4-6-27(7-5-14)22-18-11-21(30-3)19(23)12-20(18)24-13-25-22/h8-14,26H,4-7H2,1-3H3. The van der Waals surface area contributed by atoms with Crippen LogP contribution in [0.2, 0.25) is 0 Å². The zero-order valence-corrected chi connectivity index (χ0v) is 17.3. The van der Waals surface area contributed by atoms with Gasteiger partial charge in [-0.2, -0.15) is 0 Å². The highest BCUT2D eigenvalue weighted by molar-refractivity contribution is 5.90. The van der Waals surface area contributed by atoms with Crippen LogP contribution in [0.4, 0.5) is 15.9 Å². The first kappa shape index (κ1) is 20.0. The number of methoxy groups -OCH3 is 3. The van der Waals surface area contributed by atoms with Crippen molar-refractivity contribution >= 4 is 22.4 Å². The summed E-state index contributed by atoms with van der Waals surface area (Å²) < 4.78 is 29.9. The summed E-state index contributed by atoms with van der Waals surface area (Å²) in [6.45, 7) is 1.65. The van der Waals surface area contributed by atoms with E-state index in [4.69, 9.17) is 14.2 Å². The number of nitrogens with zero attached hydrogens (tertiary/aromatic N) is 3. The Balaban J connectivity index is 1.49. The zero-order valence-electron chi connectivity index (χ0n) is 17.3. The van der Waals surface area contributed by atoms with E-state index in [0.29, 0.717) is 11.6 Å². The van der Waals surface area contributed by atoms with Crippen molar-refractivity contribution in [3.05, 3.63) is 42.5 Å². The Morgan fingerprint density at radius 1 is 0.933 bits per heavy atom. The third-order valence-electron chi connectivity index (χ3n) is 5.40. The fourth-order valence-corrected chi connectivity index (χ4v) is 3.81. The van der Waals surface area contributed by atoms with Gasteiger partial charge in [0.15, 0.2) is 11.6 Å². The van der Waals surface area contributed by atoms with Crippen LogP contribution in [0.3, 0.4) is 0 Å². The SMILES string of the molecule is COc1cc(NC2CCN(c3ncnc4cc(F)c(OC)cc34)CC2)cc(OC)c1. The van der Waals surface area contributed by atoms with Gasteiger partial charge in [-0.05, 0) is 18.9 Å². The maximum atomic E-state index is 14.0. The van der Waals surface area contributed by atoms with E-state index in [9.17, 15) is 4.39 Å². The lowest BCUT2D eigenvalue weighted by atomic mass is 10.0. The number of benzene rings is 2. The summed E-state index contributed by atoms with van der Waals surface area (Å²) in [6, 6.07) is 9.17. The average molecular weight is 412 g/mol. The molecule has 0 unspecified atom stereocenters. The number of fused-ring (bicyclic) bond motifs is 1. The third-order valence-corrected chi connectivity index (χ3v) is 5.40. The summed E-state index contributed by atoms with van der Waals surface area (Å²) >= 11 is 0. The van der Waals surface area contributed by atoms with E-state index < -0.39 is 5.82 Å². The van der Waals surface area contributed by atoms with Crippen molar-refractivity contribution in [1.82, 2.24) is 9.97 Å². The Labute approximate surface area is 174 Å². The maximum absolute atomic E-state index is 14.0. The summed E-state index contributed by atoms with van der Waals surface area (Å²) in [5.41, 5.74) is 1.54. The minimum absolute atomic E-state index is 0.196. The molecule has 1 saturated heterocycles. The van der Waals surface area contributed by atoms with Crippen molar-refractivity contribution in [2.75, 3.05) is 44.6 Å². The van der Waals surface area contributed by atoms with E-state index in [0.717, 1.165) is 54.3 Å². The Morgan fingerprint density at radius 2 is 1.63 bits per heavy atom. The molecule has 8 heteroatoms. The molecule has 0 atom stereocenters. The van der Waals surface area contributed by atoms with E-state index in [1.807, 2.05) is 18.2 Å². The van der Waals surface area contributed by atoms with Gasteiger partial charge in [-0.3, -0.25) is 0 Å². The molecular formula is C22H25FN4O3. The molecule has 7 nitrogen and oxygen atoms in total. The van der Waals surface area contributed by atoms with Crippen LogP contribution in [-0.4, -0.2) is 50.4 Å². The van der Waals surface area contributed by atoms with Crippen molar-refractivity contribution in [1.29, 1.82) is 0 Å². The van der Waals surface area contributed by atoms with Gasteiger partial charge >= 0.3 is 0 Å². The predicted octanol–water partition coefficient (Wildman–Crippen LogP) is 3.88. The fourth-order valence-electron chi connectivity index (χ4n) is 3.81. The Morgan fingerprint density at radius 3 is 2.27 bits per heavy atom. The number of hydrogen-bond acceptors (Lipinski definition) is 7. The number of rotatable bonds is 6. The van der Waals surface area contributed by atoms with Gasteiger partial charge in [-0.15, -0.1) is 0 Å². The van der Waals surface area contributed by atoms with Crippen LogP contribution in [0.15, 0.2) is 36.7 Å². The van der Waals surface area contributed by atoms with Crippen LogP contribution in [0.25, 0.3) is 10.9 Å². The van der Waals surface area contributed by atoms with Crippen LogP contribution < -0.4 is 24.4 Å². The first-order chi connectivity index (χ1) is 14.6. The van der Waals surface area contributed by atoms with Crippen molar-refractivity contribution in [2.24, 2.45) is 0 Å².